The molecule has 1 aliphatic rings. The van der Waals surface area contributed by atoms with Crippen LogP contribution in [-0.4, -0.2) is 71.2 Å². The van der Waals surface area contributed by atoms with Crippen molar-refractivity contribution in [1.29, 1.82) is 0 Å². The van der Waals surface area contributed by atoms with E-state index in [0.29, 0.717) is 19.5 Å². The summed E-state index contributed by atoms with van der Waals surface area (Å²) in [5.41, 5.74) is 3.68. The molecule has 0 bridgehead atoms. The molecule has 0 heterocycles. The van der Waals surface area contributed by atoms with Gasteiger partial charge in [-0.1, -0.05) is 12.1 Å². The quantitative estimate of drug-likeness (QED) is 0.239. The van der Waals surface area contributed by atoms with Gasteiger partial charge in [0.2, 0.25) is 20.0 Å². The molecule has 0 atom stereocenters. The molecular weight excluding hydrogens is 460 g/mol. The highest BCUT2D eigenvalue weighted by atomic mass is 32.2. The van der Waals surface area contributed by atoms with E-state index in [-0.39, 0.29) is 9.79 Å². The van der Waals surface area contributed by atoms with Gasteiger partial charge in [-0.3, -0.25) is 0 Å². The van der Waals surface area contributed by atoms with Crippen LogP contribution < -0.4 is 19.2 Å². The highest BCUT2D eigenvalue weighted by molar-refractivity contribution is 7.89. The van der Waals surface area contributed by atoms with Crippen LogP contribution in [0.15, 0.2) is 46.2 Å². The Labute approximate surface area is 198 Å². The van der Waals surface area contributed by atoms with Crippen molar-refractivity contribution < 1.29 is 26.6 Å². The molecule has 0 saturated heterocycles. The molecule has 1 aliphatic carbocycles. The van der Waals surface area contributed by atoms with E-state index in [0.717, 1.165) is 48.2 Å². The van der Waals surface area contributed by atoms with Gasteiger partial charge in [0.1, 0.15) is 0 Å². The minimum absolute atomic E-state index is 0.240. The zero-order valence-corrected chi connectivity index (χ0v) is 21.5. The first-order valence-electron chi connectivity index (χ1n) is 11.3. The van der Waals surface area contributed by atoms with Gasteiger partial charge >= 0.3 is 0 Å². The molecule has 8 nitrogen and oxygen atoms in total. The summed E-state index contributed by atoms with van der Waals surface area (Å²) in [6.45, 7) is 2.57. The number of quaternary nitrogens is 2. The van der Waals surface area contributed by atoms with Gasteiger partial charge in [-0.25, -0.2) is 26.3 Å². The fraction of sp³-hybridized carbons (Fsp3) is 0.478. The molecule has 2 aromatic rings. The second-order valence-corrected chi connectivity index (χ2v) is 12.8. The van der Waals surface area contributed by atoms with E-state index in [4.69, 9.17) is 0 Å². The molecule has 4 N–H and O–H groups in total. The summed E-state index contributed by atoms with van der Waals surface area (Å²) in [6.07, 6.45) is 2.03. The molecule has 10 heteroatoms. The maximum atomic E-state index is 12.7. The standard InChI is InChI=1S/C23H34N4O4S2/c1-26(2)13-5-11-24-32(28,29)20-7-9-22-18(16-20)15-19-17-21(8-10-23(19)22)33(30,31)25-12-6-14-27(3)4/h7-10,16-17,24-25H,5-6,11-15H2,1-4H3/p+2. The first-order chi connectivity index (χ1) is 15.5. The monoisotopic (exact) mass is 496 g/mol. The molecule has 2 aromatic carbocycles. The number of fused-ring (bicyclic) bond motifs is 3. The van der Waals surface area contributed by atoms with Gasteiger partial charge in [0.15, 0.2) is 0 Å². The zero-order chi connectivity index (χ0) is 24.2. The van der Waals surface area contributed by atoms with Gasteiger partial charge in [-0.2, -0.15) is 0 Å². The number of nitrogens with one attached hydrogen (secondary N) is 4. The van der Waals surface area contributed by atoms with Gasteiger partial charge in [0.05, 0.1) is 51.1 Å². The lowest BCUT2D eigenvalue weighted by Crippen LogP contribution is -3.05. The van der Waals surface area contributed by atoms with Crippen LogP contribution >= 0.6 is 0 Å². The van der Waals surface area contributed by atoms with Crippen LogP contribution in [0.2, 0.25) is 0 Å². The average molecular weight is 497 g/mol. The van der Waals surface area contributed by atoms with E-state index in [1.165, 1.54) is 9.80 Å². The fourth-order valence-corrected chi connectivity index (χ4v) is 6.21. The Morgan fingerprint density at radius 2 is 1.09 bits per heavy atom. The SMILES string of the molecule is C[NH+](C)CCCNS(=O)(=O)c1ccc2c(c1)Cc1cc(S(=O)(=O)NCCC[NH+](C)C)ccc1-2. The molecule has 182 valence electrons. The maximum absolute atomic E-state index is 12.7. The summed E-state index contributed by atoms with van der Waals surface area (Å²) in [6, 6.07) is 10.3. The number of sulfonamides is 2. The van der Waals surface area contributed by atoms with E-state index in [1.807, 2.05) is 40.3 Å². The Bertz CT molecular complexity index is 1100. The van der Waals surface area contributed by atoms with Crippen molar-refractivity contribution in [2.45, 2.75) is 29.1 Å². The van der Waals surface area contributed by atoms with E-state index in [2.05, 4.69) is 9.44 Å². The van der Waals surface area contributed by atoms with Gasteiger partial charge < -0.3 is 9.80 Å². The number of benzene rings is 2. The summed E-state index contributed by atoms with van der Waals surface area (Å²) in [7, 11) is 0.964. The van der Waals surface area contributed by atoms with Crippen LogP contribution in [-0.2, 0) is 26.5 Å². The third-order valence-corrected chi connectivity index (χ3v) is 8.65. The average Bonchev–Trinajstić information content (AvgIpc) is 3.11. The fourth-order valence-electron chi connectivity index (χ4n) is 3.96. The highest BCUT2D eigenvalue weighted by Crippen LogP contribution is 2.38. The number of hydrogen-bond acceptors (Lipinski definition) is 4. The predicted molar refractivity (Wildman–Crippen MR) is 130 cm³/mol. The van der Waals surface area contributed by atoms with Crippen molar-refractivity contribution in [3.8, 4) is 11.1 Å². The summed E-state index contributed by atoms with van der Waals surface area (Å²) in [5, 5.41) is 0. The van der Waals surface area contributed by atoms with Crippen molar-refractivity contribution >= 4 is 20.0 Å². The van der Waals surface area contributed by atoms with E-state index in [9.17, 15) is 16.8 Å². The van der Waals surface area contributed by atoms with Gasteiger partial charge in [-0.15, -0.1) is 0 Å². The topological polar surface area (TPSA) is 101 Å². The van der Waals surface area contributed by atoms with Crippen LogP contribution in [0.25, 0.3) is 11.1 Å². The summed E-state index contributed by atoms with van der Waals surface area (Å²) in [4.78, 5) is 3.03. The van der Waals surface area contributed by atoms with E-state index >= 15 is 0 Å². The van der Waals surface area contributed by atoms with Crippen LogP contribution in [0, 0.1) is 0 Å². The Hall–Kier alpha value is -1.82. The third-order valence-electron chi connectivity index (χ3n) is 5.74. The second kappa shape index (κ2) is 10.6. The van der Waals surface area contributed by atoms with Crippen molar-refractivity contribution in [2.24, 2.45) is 0 Å². The summed E-state index contributed by atoms with van der Waals surface area (Å²) < 4.78 is 56.1. The molecule has 0 saturated carbocycles. The molecule has 0 radical (unpaired) electrons. The number of hydrogen-bond donors (Lipinski definition) is 4. The molecule has 33 heavy (non-hydrogen) atoms. The lowest BCUT2D eigenvalue weighted by Gasteiger charge is -2.10. The van der Waals surface area contributed by atoms with Crippen molar-refractivity contribution in [2.75, 3.05) is 54.4 Å². The lowest BCUT2D eigenvalue weighted by molar-refractivity contribution is -0.858. The Morgan fingerprint density at radius 3 is 1.45 bits per heavy atom. The molecule has 0 aliphatic heterocycles. The first-order valence-corrected chi connectivity index (χ1v) is 14.3. The van der Waals surface area contributed by atoms with Crippen LogP contribution in [0.5, 0.6) is 0 Å². The van der Waals surface area contributed by atoms with Gasteiger partial charge in [0.25, 0.3) is 0 Å². The highest BCUT2D eigenvalue weighted by Gasteiger charge is 2.24. The Morgan fingerprint density at radius 1 is 0.697 bits per heavy atom. The van der Waals surface area contributed by atoms with Crippen molar-refractivity contribution in [3.63, 3.8) is 0 Å². The Kier molecular flexibility index (Phi) is 8.31. The lowest BCUT2D eigenvalue weighted by atomic mass is 10.1. The molecule has 0 aromatic heterocycles. The van der Waals surface area contributed by atoms with Crippen LogP contribution in [0.3, 0.4) is 0 Å². The number of rotatable bonds is 12. The molecule has 0 amide bonds. The molecule has 3 rings (SSSR count). The predicted octanol–water partition coefficient (Wildman–Crippen LogP) is -1.12. The van der Waals surface area contributed by atoms with Gasteiger partial charge in [0, 0.05) is 25.9 Å². The molecule has 0 unspecified atom stereocenters. The third kappa shape index (κ3) is 6.62. The first kappa shape index (κ1) is 25.8. The molecular formula is C23H36N4O4S2+2. The molecule has 0 fully saturated rings. The van der Waals surface area contributed by atoms with Crippen molar-refractivity contribution in [3.05, 3.63) is 47.5 Å². The normalized spacial score (nSPS) is 13.5. The van der Waals surface area contributed by atoms with E-state index < -0.39 is 20.0 Å². The Balaban J connectivity index is 1.72. The van der Waals surface area contributed by atoms with Crippen LogP contribution in [0.4, 0.5) is 0 Å². The summed E-state index contributed by atoms with van der Waals surface area (Å²) >= 11 is 0. The van der Waals surface area contributed by atoms with Crippen LogP contribution in [0.1, 0.15) is 24.0 Å². The molecule has 0 spiro atoms. The maximum Gasteiger partial charge on any atom is 0.240 e. The summed E-state index contributed by atoms with van der Waals surface area (Å²) in [5.74, 6) is 0. The minimum atomic E-state index is -3.58. The van der Waals surface area contributed by atoms with Crippen molar-refractivity contribution in [1.82, 2.24) is 9.44 Å². The zero-order valence-electron chi connectivity index (χ0n) is 19.9. The van der Waals surface area contributed by atoms with Gasteiger partial charge in [-0.05, 0) is 52.9 Å². The smallest absolute Gasteiger partial charge is 0.240 e. The second-order valence-electron chi connectivity index (χ2n) is 9.23. The van der Waals surface area contributed by atoms with E-state index in [1.54, 1.807) is 24.3 Å². The minimum Gasteiger partial charge on any atom is -0.340 e. The largest absolute Gasteiger partial charge is 0.340 e.